The Morgan fingerprint density at radius 3 is 2.48 bits per heavy atom. The minimum atomic E-state index is -4.63. The minimum absolute atomic E-state index is 0.237. The van der Waals surface area contributed by atoms with Crippen LogP contribution < -0.4 is 5.32 Å². The average molecular weight is 310 g/mol. The SMILES string of the molecule is O=C(O)[C@@H]1CN(C(=O)NC2CCCOC2)C[C@H]1C(F)(F)F. The van der Waals surface area contributed by atoms with Gasteiger partial charge in [0, 0.05) is 19.7 Å². The molecule has 6 nitrogen and oxygen atoms in total. The van der Waals surface area contributed by atoms with Crippen LogP contribution in [0.5, 0.6) is 0 Å². The van der Waals surface area contributed by atoms with Crippen molar-refractivity contribution in [3.05, 3.63) is 0 Å². The van der Waals surface area contributed by atoms with Crippen LogP contribution in [0, 0.1) is 11.8 Å². The van der Waals surface area contributed by atoms with Gasteiger partial charge in [-0.05, 0) is 12.8 Å². The summed E-state index contributed by atoms with van der Waals surface area (Å²) >= 11 is 0. The lowest BCUT2D eigenvalue weighted by molar-refractivity contribution is -0.187. The van der Waals surface area contributed by atoms with Gasteiger partial charge < -0.3 is 20.1 Å². The largest absolute Gasteiger partial charge is 0.481 e. The van der Waals surface area contributed by atoms with Crippen LogP contribution in [0.3, 0.4) is 0 Å². The number of carbonyl (C=O) groups excluding carboxylic acids is 1. The topological polar surface area (TPSA) is 78.9 Å². The summed E-state index contributed by atoms with van der Waals surface area (Å²) in [6.07, 6.45) is -3.16. The lowest BCUT2D eigenvalue weighted by Crippen LogP contribution is -2.47. The highest BCUT2D eigenvalue weighted by Crippen LogP contribution is 2.37. The van der Waals surface area contributed by atoms with Gasteiger partial charge in [0.25, 0.3) is 0 Å². The van der Waals surface area contributed by atoms with E-state index < -0.39 is 43.1 Å². The fourth-order valence-electron chi connectivity index (χ4n) is 2.67. The molecule has 2 heterocycles. The fraction of sp³-hybridized carbons (Fsp3) is 0.833. The predicted octanol–water partition coefficient (Wildman–Crippen LogP) is 1.07. The molecule has 0 aliphatic carbocycles. The number of nitrogens with one attached hydrogen (secondary N) is 1. The normalized spacial score (nSPS) is 30.2. The van der Waals surface area contributed by atoms with Crippen LogP contribution in [0.4, 0.5) is 18.0 Å². The van der Waals surface area contributed by atoms with Crippen LogP contribution in [0.2, 0.25) is 0 Å². The summed E-state index contributed by atoms with van der Waals surface area (Å²) < 4.78 is 43.6. The number of urea groups is 1. The highest BCUT2D eigenvalue weighted by Gasteiger charge is 2.53. The molecule has 2 saturated heterocycles. The van der Waals surface area contributed by atoms with Crippen molar-refractivity contribution in [3.8, 4) is 0 Å². The first-order valence-corrected chi connectivity index (χ1v) is 6.71. The summed E-state index contributed by atoms with van der Waals surface area (Å²) in [7, 11) is 0. The zero-order valence-corrected chi connectivity index (χ0v) is 11.2. The molecule has 2 amide bonds. The van der Waals surface area contributed by atoms with Gasteiger partial charge in [0.2, 0.25) is 0 Å². The van der Waals surface area contributed by atoms with Gasteiger partial charge in [0.05, 0.1) is 24.5 Å². The van der Waals surface area contributed by atoms with E-state index in [-0.39, 0.29) is 6.04 Å². The van der Waals surface area contributed by atoms with Crippen molar-refractivity contribution in [1.29, 1.82) is 0 Å². The molecule has 0 aromatic rings. The van der Waals surface area contributed by atoms with E-state index in [9.17, 15) is 22.8 Å². The number of hydrogen-bond acceptors (Lipinski definition) is 3. The monoisotopic (exact) mass is 310 g/mol. The van der Waals surface area contributed by atoms with E-state index >= 15 is 0 Å². The zero-order chi connectivity index (χ0) is 15.6. The first kappa shape index (κ1) is 15.9. The molecule has 2 aliphatic rings. The van der Waals surface area contributed by atoms with E-state index in [1.165, 1.54) is 0 Å². The number of rotatable bonds is 2. The number of carbonyl (C=O) groups is 2. The van der Waals surface area contributed by atoms with Gasteiger partial charge in [-0.1, -0.05) is 0 Å². The molecule has 2 N–H and O–H groups in total. The van der Waals surface area contributed by atoms with E-state index in [0.717, 1.165) is 11.3 Å². The summed E-state index contributed by atoms with van der Waals surface area (Å²) in [5.74, 6) is -5.17. The lowest BCUT2D eigenvalue weighted by atomic mass is 9.96. The van der Waals surface area contributed by atoms with Crippen LogP contribution in [-0.2, 0) is 9.53 Å². The van der Waals surface area contributed by atoms with Crippen molar-refractivity contribution >= 4 is 12.0 Å². The molecule has 0 aromatic carbocycles. The summed E-state index contributed by atoms with van der Waals surface area (Å²) in [5, 5.41) is 11.5. The molecule has 21 heavy (non-hydrogen) atoms. The Kier molecular flexibility index (Phi) is 4.60. The van der Waals surface area contributed by atoms with Gasteiger partial charge in [-0.3, -0.25) is 4.79 Å². The average Bonchev–Trinajstić information content (AvgIpc) is 2.85. The Hall–Kier alpha value is -1.51. The van der Waals surface area contributed by atoms with Crippen molar-refractivity contribution in [2.24, 2.45) is 11.8 Å². The van der Waals surface area contributed by atoms with E-state index in [0.29, 0.717) is 19.6 Å². The third-order valence-corrected chi connectivity index (χ3v) is 3.83. The van der Waals surface area contributed by atoms with Gasteiger partial charge in [-0.15, -0.1) is 0 Å². The molecule has 3 atom stereocenters. The van der Waals surface area contributed by atoms with Crippen LogP contribution >= 0.6 is 0 Å². The smallest absolute Gasteiger partial charge is 0.394 e. The van der Waals surface area contributed by atoms with Crippen molar-refractivity contribution < 1.29 is 32.6 Å². The Bertz CT molecular complexity index is 410. The number of aliphatic carboxylic acids is 1. The number of alkyl halides is 3. The van der Waals surface area contributed by atoms with E-state index in [1.54, 1.807) is 0 Å². The quantitative estimate of drug-likeness (QED) is 0.800. The Morgan fingerprint density at radius 2 is 2.00 bits per heavy atom. The van der Waals surface area contributed by atoms with Gasteiger partial charge in [0.1, 0.15) is 0 Å². The van der Waals surface area contributed by atoms with Crippen LogP contribution in [0.15, 0.2) is 0 Å². The number of amides is 2. The van der Waals surface area contributed by atoms with E-state index in [4.69, 9.17) is 9.84 Å². The Morgan fingerprint density at radius 1 is 1.29 bits per heavy atom. The lowest BCUT2D eigenvalue weighted by Gasteiger charge is -2.26. The van der Waals surface area contributed by atoms with Crippen molar-refractivity contribution in [1.82, 2.24) is 10.2 Å². The molecule has 0 spiro atoms. The second-order valence-corrected chi connectivity index (χ2v) is 5.36. The molecule has 120 valence electrons. The molecule has 0 saturated carbocycles. The molecule has 1 unspecified atom stereocenters. The Balaban J connectivity index is 1.97. The first-order valence-electron chi connectivity index (χ1n) is 6.71. The second kappa shape index (κ2) is 6.08. The molecule has 0 bridgehead atoms. The summed E-state index contributed by atoms with van der Waals surface area (Å²) in [4.78, 5) is 23.8. The maximum absolute atomic E-state index is 12.8. The van der Waals surface area contributed by atoms with Crippen molar-refractivity contribution in [2.45, 2.75) is 25.1 Å². The predicted molar refractivity (Wildman–Crippen MR) is 64.6 cm³/mol. The maximum atomic E-state index is 12.8. The molecular formula is C12H17F3N2O4. The molecule has 2 fully saturated rings. The maximum Gasteiger partial charge on any atom is 0.394 e. The highest BCUT2D eigenvalue weighted by molar-refractivity contribution is 5.78. The number of carboxylic acids is 1. The third kappa shape index (κ3) is 3.78. The molecule has 2 rings (SSSR count). The second-order valence-electron chi connectivity index (χ2n) is 5.36. The molecule has 9 heteroatoms. The summed E-state index contributed by atoms with van der Waals surface area (Å²) in [6, 6.07) is -0.900. The summed E-state index contributed by atoms with van der Waals surface area (Å²) in [5.41, 5.74) is 0. The van der Waals surface area contributed by atoms with Crippen molar-refractivity contribution in [3.63, 3.8) is 0 Å². The number of carboxylic acid groups (broad SMARTS) is 1. The first-order chi connectivity index (χ1) is 9.79. The third-order valence-electron chi connectivity index (χ3n) is 3.83. The van der Waals surface area contributed by atoms with E-state index in [1.807, 2.05) is 0 Å². The molecule has 0 radical (unpaired) electrons. The summed E-state index contributed by atoms with van der Waals surface area (Å²) in [6.45, 7) is -0.128. The number of halogens is 3. The van der Waals surface area contributed by atoms with Crippen LogP contribution in [0.1, 0.15) is 12.8 Å². The molecular weight excluding hydrogens is 293 g/mol. The zero-order valence-electron chi connectivity index (χ0n) is 11.2. The Labute approximate surface area is 119 Å². The number of nitrogens with zero attached hydrogens (tertiary/aromatic N) is 1. The number of likely N-dealkylation sites (tertiary alicyclic amines) is 1. The van der Waals surface area contributed by atoms with Crippen LogP contribution in [-0.4, -0.2) is 60.5 Å². The van der Waals surface area contributed by atoms with Gasteiger partial charge in [0.15, 0.2) is 0 Å². The number of hydrogen-bond donors (Lipinski definition) is 2. The fourth-order valence-corrected chi connectivity index (χ4v) is 2.67. The van der Waals surface area contributed by atoms with Crippen LogP contribution in [0.25, 0.3) is 0 Å². The van der Waals surface area contributed by atoms with Gasteiger partial charge in [-0.25, -0.2) is 4.79 Å². The highest BCUT2D eigenvalue weighted by atomic mass is 19.4. The van der Waals surface area contributed by atoms with Gasteiger partial charge >= 0.3 is 18.2 Å². The van der Waals surface area contributed by atoms with E-state index in [2.05, 4.69) is 5.32 Å². The molecule has 2 aliphatic heterocycles. The number of ether oxygens (including phenoxy) is 1. The molecule has 0 aromatic heterocycles. The van der Waals surface area contributed by atoms with Gasteiger partial charge in [-0.2, -0.15) is 13.2 Å². The minimum Gasteiger partial charge on any atom is -0.481 e. The standard InChI is InChI=1S/C12H17F3N2O4/c13-12(14,15)9-5-17(4-8(9)10(18)19)11(20)16-7-2-1-3-21-6-7/h7-9H,1-6H2,(H,16,20)(H,18,19)/t7?,8-,9-/m1/s1. The van der Waals surface area contributed by atoms with Crippen molar-refractivity contribution in [2.75, 3.05) is 26.3 Å².